The lowest BCUT2D eigenvalue weighted by Gasteiger charge is -2.07. The Morgan fingerprint density at radius 3 is 2.91 bits per heavy atom. The highest BCUT2D eigenvalue weighted by atomic mass is 32.2. The van der Waals surface area contributed by atoms with Gasteiger partial charge in [0, 0.05) is 17.9 Å². The van der Waals surface area contributed by atoms with Crippen LogP contribution in [0.4, 0.5) is 5.13 Å². The van der Waals surface area contributed by atoms with E-state index in [1.807, 2.05) is 31.2 Å². The zero-order valence-electron chi connectivity index (χ0n) is 13.4. The van der Waals surface area contributed by atoms with Crippen LogP contribution in [0.1, 0.15) is 35.6 Å². The molecule has 0 aliphatic carbocycles. The van der Waals surface area contributed by atoms with Gasteiger partial charge in [-0.3, -0.25) is 10.1 Å². The molecule has 2 aromatic rings. The van der Waals surface area contributed by atoms with Gasteiger partial charge in [-0.1, -0.05) is 30.4 Å². The Kier molecular flexibility index (Phi) is 7.51. The summed E-state index contributed by atoms with van der Waals surface area (Å²) < 4.78 is 5.30. The highest BCUT2D eigenvalue weighted by molar-refractivity contribution is 7.99. The number of ether oxygens (including phenoxy) is 1. The SMILES string of the molecule is CCCSc1ccccc1C(=O)Nc1nnc(CCOCC)s1. The van der Waals surface area contributed by atoms with Gasteiger partial charge in [0.25, 0.3) is 5.91 Å². The lowest BCUT2D eigenvalue weighted by molar-refractivity contribution is 0.102. The van der Waals surface area contributed by atoms with Crippen molar-refractivity contribution < 1.29 is 9.53 Å². The third-order valence-corrected chi connectivity index (χ3v) is 5.12. The molecule has 1 N–H and O–H groups in total. The number of carbonyl (C=O) groups excluding carboxylic acids is 1. The Hall–Kier alpha value is -1.44. The highest BCUT2D eigenvalue weighted by Gasteiger charge is 2.13. The number of carbonyl (C=O) groups is 1. The van der Waals surface area contributed by atoms with Crippen LogP contribution >= 0.6 is 23.1 Å². The lowest BCUT2D eigenvalue weighted by Crippen LogP contribution is -2.12. The lowest BCUT2D eigenvalue weighted by atomic mass is 10.2. The molecule has 0 radical (unpaired) electrons. The van der Waals surface area contributed by atoms with E-state index in [0.29, 0.717) is 30.3 Å². The van der Waals surface area contributed by atoms with Crippen LogP contribution in [-0.2, 0) is 11.2 Å². The van der Waals surface area contributed by atoms with Crippen molar-refractivity contribution in [3.63, 3.8) is 0 Å². The van der Waals surface area contributed by atoms with E-state index in [4.69, 9.17) is 4.74 Å². The van der Waals surface area contributed by atoms with E-state index in [2.05, 4.69) is 22.4 Å². The van der Waals surface area contributed by atoms with E-state index < -0.39 is 0 Å². The second-order valence-electron chi connectivity index (χ2n) is 4.75. The number of nitrogens with zero attached hydrogens (tertiary/aromatic N) is 2. The summed E-state index contributed by atoms with van der Waals surface area (Å²) >= 11 is 3.08. The van der Waals surface area contributed by atoms with Gasteiger partial charge in [0.2, 0.25) is 5.13 Å². The van der Waals surface area contributed by atoms with Crippen molar-refractivity contribution in [2.24, 2.45) is 0 Å². The molecule has 1 aromatic carbocycles. The minimum atomic E-state index is -0.142. The molecular formula is C16H21N3O2S2. The molecule has 0 aliphatic rings. The van der Waals surface area contributed by atoms with E-state index in [1.54, 1.807) is 11.8 Å². The molecule has 5 nitrogen and oxygen atoms in total. The molecule has 0 saturated heterocycles. The molecule has 1 amide bonds. The molecule has 0 saturated carbocycles. The predicted octanol–water partition coefficient (Wildman–Crippen LogP) is 3.87. The molecule has 0 spiro atoms. The summed E-state index contributed by atoms with van der Waals surface area (Å²) in [7, 11) is 0. The van der Waals surface area contributed by atoms with Gasteiger partial charge < -0.3 is 4.74 Å². The zero-order valence-corrected chi connectivity index (χ0v) is 15.0. The minimum Gasteiger partial charge on any atom is -0.381 e. The number of nitrogens with one attached hydrogen (secondary N) is 1. The molecule has 124 valence electrons. The summed E-state index contributed by atoms with van der Waals surface area (Å²) in [5.41, 5.74) is 0.678. The van der Waals surface area contributed by atoms with Gasteiger partial charge >= 0.3 is 0 Å². The molecule has 1 aromatic heterocycles. The highest BCUT2D eigenvalue weighted by Crippen LogP contribution is 2.24. The summed E-state index contributed by atoms with van der Waals surface area (Å²) in [5.74, 6) is 0.849. The number of thioether (sulfide) groups is 1. The van der Waals surface area contributed by atoms with Crippen LogP contribution in [0.25, 0.3) is 0 Å². The van der Waals surface area contributed by atoms with Gasteiger partial charge in [-0.2, -0.15) is 0 Å². The Labute approximate surface area is 144 Å². The van der Waals surface area contributed by atoms with Crippen molar-refractivity contribution in [2.75, 3.05) is 24.3 Å². The van der Waals surface area contributed by atoms with Crippen LogP contribution in [0, 0.1) is 0 Å². The number of anilines is 1. The standard InChI is InChI=1S/C16H21N3O2S2/c1-3-11-22-13-8-6-5-7-12(13)15(20)17-16-19-18-14(23-16)9-10-21-4-2/h5-8H,3-4,9-11H2,1-2H3,(H,17,19,20). The fourth-order valence-corrected chi connectivity index (χ4v) is 3.50. The quantitative estimate of drug-likeness (QED) is 0.549. The number of hydrogen-bond donors (Lipinski definition) is 1. The minimum absolute atomic E-state index is 0.142. The van der Waals surface area contributed by atoms with Gasteiger partial charge in [-0.15, -0.1) is 22.0 Å². The average Bonchev–Trinajstić information content (AvgIpc) is 3.00. The summed E-state index contributed by atoms with van der Waals surface area (Å²) in [5, 5.41) is 12.3. The first-order chi connectivity index (χ1) is 11.2. The fraction of sp³-hybridized carbons (Fsp3) is 0.438. The third kappa shape index (κ3) is 5.60. The number of benzene rings is 1. The van der Waals surface area contributed by atoms with Crippen molar-refractivity contribution in [2.45, 2.75) is 31.6 Å². The van der Waals surface area contributed by atoms with Crippen LogP contribution in [0.2, 0.25) is 0 Å². The Morgan fingerprint density at radius 2 is 2.13 bits per heavy atom. The smallest absolute Gasteiger partial charge is 0.258 e. The van der Waals surface area contributed by atoms with Crippen molar-refractivity contribution in [3.05, 3.63) is 34.8 Å². The Balaban J connectivity index is 1.99. The zero-order chi connectivity index (χ0) is 16.5. The Morgan fingerprint density at radius 1 is 1.30 bits per heavy atom. The monoisotopic (exact) mass is 351 g/mol. The first-order valence-corrected chi connectivity index (χ1v) is 9.48. The molecular weight excluding hydrogens is 330 g/mol. The van der Waals surface area contributed by atoms with Gasteiger partial charge in [-0.05, 0) is 31.2 Å². The molecule has 1 heterocycles. The maximum absolute atomic E-state index is 12.5. The molecule has 0 unspecified atom stereocenters. The summed E-state index contributed by atoms with van der Waals surface area (Å²) in [6.45, 7) is 5.39. The second-order valence-corrected chi connectivity index (χ2v) is 6.95. The summed E-state index contributed by atoms with van der Waals surface area (Å²) in [6, 6.07) is 7.64. The van der Waals surface area contributed by atoms with Crippen molar-refractivity contribution in [1.29, 1.82) is 0 Å². The van der Waals surface area contributed by atoms with E-state index in [-0.39, 0.29) is 5.91 Å². The van der Waals surface area contributed by atoms with Crippen LogP contribution in [0.5, 0.6) is 0 Å². The fourth-order valence-electron chi connectivity index (χ4n) is 1.87. The van der Waals surface area contributed by atoms with E-state index >= 15 is 0 Å². The van der Waals surface area contributed by atoms with Crippen LogP contribution in [0.15, 0.2) is 29.2 Å². The van der Waals surface area contributed by atoms with E-state index in [0.717, 1.165) is 22.1 Å². The van der Waals surface area contributed by atoms with Gasteiger partial charge in [0.15, 0.2) is 0 Å². The largest absolute Gasteiger partial charge is 0.381 e. The van der Waals surface area contributed by atoms with Gasteiger partial charge in [0.05, 0.1) is 12.2 Å². The number of amides is 1. The van der Waals surface area contributed by atoms with Gasteiger partial charge in [-0.25, -0.2) is 0 Å². The summed E-state index contributed by atoms with van der Waals surface area (Å²) in [6.07, 6.45) is 1.78. The first kappa shape index (κ1) is 17.9. The number of hydrogen-bond acceptors (Lipinski definition) is 6. The van der Waals surface area contributed by atoms with Crippen molar-refractivity contribution in [3.8, 4) is 0 Å². The molecule has 0 atom stereocenters. The molecule has 0 aliphatic heterocycles. The van der Waals surface area contributed by atoms with Crippen LogP contribution in [-0.4, -0.2) is 35.1 Å². The summed E-state index contributed by atoms with van der Waals surface area (Å²) in [4.78, 5) is 13.5. The van der Waals surface area contributed by atoms with Crippen molar-refractivity contribution >= 4 is 34.1 Å². The Bertz CT molecular complexity index is 631. The third-order valence-electron chi connectivity index (χ3n) is 2.95. The van der Waals surface area contributed by atoms with Crippen molar-refractivity contribution in [1.82, 2.24) is 10.2 Å². The predicted molar refractivity (Wildman–Crippen MR) is 95.5 cm³/mol. The number of rotatable bonds is 9. The molecule has 0 bridgehead atoms. The molecule has 7 heteroatoms. The van der Waals surface area contributed by atoms with Crippen LogP contribution < -0.4 is 5.32 Å². The maximum atomic E-state index is 12.5. The van der Waals surface area contributed by atoms with E-state index in [9.17, 15) is 4.79 Å². The second kappa shape index (κ2) is 9.64. The molecule has 23 heavy (non-hydrogen) atoms. The first-order valence-electron chi connectivity index (χ1n) is 7.67. The maximum Gasteiger partial charge on any atom is 0.258 e. The van der Waals surface area contributed by atoms with Crippen LogP contribution in [0.3, 0.4) is 0 Å². The van der Waals surface area contributed by atoms with E-state index in [1.165, 1.54) is 11.3 Å². The molecule has 0 fully saturated rings. The number of aromatic nitrogens is 2. The molecule has 2 rings (SSSR count). The average molecular weight is 351 g/mol. The normalized spacial score (nSPS) is 10.7. The topological polar surface area (TPSA) is 64.1 Å². The van der Waals surface area contributed by atoms with Gasteiger partial charge in [0.1, 0.15) is 5.01 Å².